The van der Waals surface area contributed by atoms with Crippen molar-refractivity contribution in [2.24, 2.45) is 5.92 Å². The van der Waals surface area contributed by atoms with Crippen molar-refractivity contribution in [1.29, 1.82) is 0 Å². The van der Waals surface area contributed by atoms with Gasteiger partial charge >= 0.3 is 15.6 Å². The van der Waals surface area contributed by atoms with Crippen LogP contribution in [-0.4, -0.2) is 94.8 Å². The summed E-state index contributed by atoms with van der Waals surface area (Å²) in [5.41, 5.74) is 5.57. The minimum atomic E-state index is -5.08. The van der Waals surface area contributed by atoms with E-state index in [9.17, 15) is 28.8 Å². The molecule has 7 heterocycles. The molecule has 0 aromatic carbocycles. The molecule has 3 saturated heterocycles. The van der Waals surface area contributed by atoms with E-state index in [4.69, 9.17) is 33.3 Å². The van der Waals surface area contributed by atoms with Crippen LogP contribution in [0.25, 0.3) is 22.1 Å². The highest BCUT2D eigenvalue weighted by Crippen LogP contribution is 2.55. The number of imidazole rings is 1. The van der Waals surface area contributed by atoms with Crippen LogP contribution in [0.15, 0.2) is 22.8 Å². The molecule has 10 atom stereocenters. The van der Waals surface area contributed by atoms with Gasteiger partial charge in [-0.1, -0.05) is 0 Å². The zero-order chi connectivity index (χ0) is 32.5. The Bertz CT molecular complexity index is 1960. The number of aromatic amines is 1. The fourth-order valence-electron chi connectivity index (χ4n) is 5.73. The van der Waals surface area contributed by atoms with Crippen LogP contribution in [0.5, 0.6) is 0 Å². The number of hydrogen-bond acceptors (Lipinski definition) is 16. The van der Waals surface area contributed by atoms with Gasteiger partial charge in [0.1, 0.15) is 42.4 Å². The summed E-state index contributed by atoms with van der Waals surface area (Å²) < 4.78 is 76.7. The number of anilines is 1. The molecule has 46 heavy (non-hydrogen) atoms. The average Bonchev–Trinajstić information content (AvgIpc) is 3.75. The van der Waals surface area contributed by atoms with E-state index in [2.05, 4.69) is 24.9 Å². The van der Waals surface area contributed by atoms with Gasteiger partial charge in [0, 0.05) is 11.3 Å². The van der Waals surface area contributed by atoms with Crippen molar-refractivity contribution >= 4 is 54.9 Å². The second kappa shape index (κ2) is 11.7. The number of ether oxygens (including phenoxy) is 2. The first-order chi connectivity index (χ1) is 21.9. The topological polar surface area (TPSA) is 266 Å². The van der Waals surface area contributed by atoms with Crippen molar-refractivity contribution in [2.45, 2.75) is 49.8 Å². The number of H-pyrrole nitrogens is 1. The Labute approximate surface area is 260 Å². The molecule has 0 spiro atoms. The van der Waals surface area contributed by atoms with Crippen LogP contribution in [0.1, 0.15) is 23.0 Å². The van der Waals surface area contributed by atoms with Crippen molar-refractivity contribution in [1.82, 2.24) is 29.5 Å². The van der Waals surface area contributed by atoms with E-state index in [1.807, 2.05) is 0 Å². The zero-order valence-corrected chi connectivity index (χ0v) is 26.1. The maximum atomic E-state index is 16.0. The number of phosphoric acid groups is 2. The van der Waals surface area contributed by atoms with Crippen molar-refractivity contribution in [3.8, 4) is 0 Å². The predicted octanol–water partition coefficient (Wildman–Crippen LogP) is 1.02. The first kappa shape index (κ1) is 31.8. The summed E-state index contributed by atoms with van der Waals surface area (Å²) in [6.07, 6.45) is -8.55. The molecule has 2 bridgehead atoms. The van der Waals surface area contributed by atoms with Gasteiger partial charge in [0.25, 0.3) is 5.56 Å². The molecule has 0 aliphatic carbocycles. The molecule has 3 fully saturated rings. The quantitative estimate of drug-likeness (QED) is 0.186. The summed E-state index contributed by atoms with van der Waals surface area (Å²) in [6, 6.07) is 0. The third-order valence-corrected chi connectivity index (χ3v) is 10.8. The van der Waals surface area contributed by atoms with Gasteiger partial charge in [-0.3, -0.25) is 27.5 Å². The van der Waals surface area contributed by atoms with E-state index < -0.39 is 89.9 Å². The molecular weight excluding hydrogens is 679 g/mol. The maximum absolute atomic E-state index is 16.0. The van der Waals surface area contributed by atoms with E-state index in [0.717, 1.165) is 11.3 Å². The van der Waals surface area contributed by atoms with E-state index >= 15 is 4.39 Å². The van der Waals surface area contributed by atoms with Crippen LogP contribution in [0.3, 0.4) is 0 Å². The summed E-state index contributed by atoms with van der Waals surface area (Å²) in [5.74, 6) is -0.773. The minimum Gasteiger partial charge on any atom is -0.396 e. The SMILES string of the molecule is Cc1nc2c(ncn2[C@@H]2O[C@@H]3COP(=O)(O)O[C@H]4[C@H](F)[C@H](c5scc6c(N)ncnc56)O[C@@H]4COP(=O)(O)O[C@@H]2[C@@H]3CO)c(=O)[nH]1. The highest BCUT2D eigenvalue weighted by Gasteiger charge is 2.54. The number of thiophene rings is 1. The molecule has 6 N–H and O–H groups in total. The molecule has 0 saturated carbocycles. The van der Waals surface area contributed by atoms with Crippen molar-refractivity contribution in [3.63, 3.8) is 0 Å². The Morgan fingerprint density at radius 3 is 2.54 bits per heavy atom. The highest BCUT2D eigenvalue weighted by atomic mass is 32.1. The number of nitrogen functional groups attached to an aromatic ring is 1. The van der Waals surface area contributed by atoms with E-state index in [0.29, 0.717) is 5.39 Å². The van der Waals surface area contributed by atoms with Gasteiger partial charge in [0.2, 0.25) is 0 Å². The third kappa shape index (κ3) is 5.59. The summed E-state index contributed by atoms with van der Waals surface area (Å²) in [5, 5.41) is 12.3. The summed E-state index contributed by atoms with van der Waals surface area (Å²) in [7, 11) is -10.2. The molecule has 4 aromatic heterocycles. The number of nitrogens with zero attached hydrogens (tertiary/aromatic N) is 5. The Morgan fingerprint density at radius 1 is 1.09 bits per heavy atom. The molecule has 4 aromatic rings. The lowest BCUT2D eigenvalue weighted by Crippen LogP contribution is -2.34. The van der Waals surface area contributed by atoms with Crippen LogP contribution in [0.2, 0.25) is 0 Å². The number of aliphatic hydroxyl groups excluding tert-OH is 1. The molecular formula is C23H26FN7O12P2S. The number of halogens is 1. The van der Waals surface area contributed by atoms with Gasteiger partial charge in [-0.25, -0.2) is 33.5 Å². The number of aliphatic hydroxyl groups is 1. The number of phosphoric ester groups is 2. The largest absolute Gasteiger partial charge is 0.472 e. The molecule has 0 radical (unpaired) electrons. The molecule has 0 amide bonds. The van der Waals surface area contributed by atoms with Crippen molar-refractivity contribution in [2.75, 3.05) is 25.6 Å². The number of nitrogens with one attached hydrogen (secondary N) is 1. The van der Waals surface area contributed by atoms with Crippen LogP contribution in [0, 0.1) is 12.8 Å². The number of rotatable bonds is 3. The molecule has 19 nitrogen and oxygen atoms in total. The first-order valence-corrected chi connectivity index (χ1v) is 17.5. The van der Waals surface area contributed by atoms with Gasteiger partial charge in [-0.05, 0) is 6.92 Å². The first-order valence-electron chi connectivity index (χ1n) is 13.6. The summed E-state index contributed by atoms with van der Waals surface area (Å²) in [4.78, 5) is 53.0. The van der Waals surface area contributed by atoms with Gasteiger partial charge < -0.3 is 35.1 Å². The van der Waals surface area contributed by atoms with E-state index in [-0.39, 0.29) is 33.2 Å². The lowest BCUT2D eigenvalue weighted by Gasteiger charge is -2.26. The second-order valence-corrected chi connectivity index (χ2v) is 14.4. The predicted molar refractivity (Wildman–Crippen MR) is 153 cm³/mol. The Morgan fingerprint density at radius 2 is 1.80 bits per heavy atom. The van der Waals surface area contributed by atoms with Gasteiger partial charge in [0.05, 0.1) is 48.0 Å². The lowest BCUT2D eigenvalue weighted by atomic mass is 9.99. The number of alkyl halides is 1. The normalized spacial score (nSPS) is 37.2. The Hall–Kier alpha value is -2.78. The molecule has 23 heteroatoms. The molecule has 2 unspecified atom stereocenters. The molecule has 248 valence electrons. The number of aryl methyl sites for hydroxylation is 1. The highest BCUT2D eigenvalue weighted by molar-refractivity contribution is 7.47. The molecule has 3 aliphatic heterocycles. The Balaban J connectivity index is 1.22. The van der Waals surface area contributed by atoms with Gasteiger partial charge in [0.15, 0.2) is 23.6 Å². The smallest absolute Gasteiger partial charge is 0.396 e. The van der Waals surface area contributed by atoms with Gasteiger partial charge in [-0.15, -0.1) is 11.3 Å². The second-order valence-electron chi connectivity index (χ2n) is 10.7. The van der Waals surface area contributed by atoms with Crippen LogP contribution >= 0.6 is 27.0 Å². The summed E-state index contributed by atoms with van der Waals surface area (Å²) >= 11 is 1.05. The van der Waals surface area contributed by atoms with Gasteiger partial charge in [-0.2, -0.15) is 0 Å². The molecule has 3 aliphatic rings. The fourth-order valence-corrected chi connectivity index (χ4v) is 8.72. The van der Waals surface area contributed by atoms with E-state index in [1.54, 1.807) is 5.38 Å². The minimum absolute atomic E-state index is 0.0273. The fraction of sp³-hybridized carbons (Fsp3) is 0.522. The van der Waals surface area contributed by atoms with Crippen molar-refractivity contribution < 1.29 is 56.0 Å². The van der Waals surface area contributed by atoms with E-state index in [1.165, 1.54) is 24.1 Å². The van der Waals surface area contributed by atoms with Crippen molar-refractivity contribution in [3.05, 3.63) is 39.1 Å². The number of fused-ring (bicyclic) bond motifs is 5. The number of aromatic nitrogens is 6. The zero-order valence-electron chi connectivity index (χ0n) is 23.5. The van der Waals surface area contributed by atoms with Crippen LogP contribution in [-0.2, 0) is 36.7 Å². The number of nitrogens with two attached hydrogens (primary N) is 1. The maximum Gasteiger partial charge on any atom is 0.472 e. The van der Waals surface area contributed by atoms with Crippen LogP contribution in [0.4, 0.5) is 10.2 Å². The number of hydrogen-bond donors (Lipinski definition) is 5. The molecule has 7 rings (SSSR count). The summed E-state index contributed by atoms with van der Waals surface area (Å²) in [6.45, 7) is -0.741. The Kier molecular flexibility index (Phi) is 8.11. The lowest BCUT2D eigenvalue weighted by molar-refractivity contribution is -0.0627. The van der Waals surface area contributed by atoms with Crippen LogP contribution < -0.4 is 11.3 Å². The standard InChI is InChI=1S/C23H26FN7O12P2S/c1-8-29-21-15(22(33)30-8)28-7-31(21)23-16-9(2-32)11(41-23)3-38-45(36,37)43-17-12(4-39-44(34,35)42-16)40-18(13(17)24)19-14-10(5-46-19)20(25)27-6-26-14/h5-7,9,11-13,16-18,23,32H,2-4H2,1H3,(H,34,35)(H,36,37)(H2,25,26,27)(H,29,30,33)/t9-,11-,12-,13+,16-,17-,18-,23-/m1/s1. The average molecular weight is 706 g/mol. The monoisotopic (exact) mass is 705 g/mol. The third-order valence-electron chi connectivity index (χ3n) is 7.85.